The van der Waals surface area contributed by atoms with Crippen molar-refractivity contribution in [2.24, 2.45) is 5.92 Å². The second-order valence-corrected chi connectivity index (χ2v) is 7.25. The molecule has 0 aliphatic carbocycles. The number of aromatic hydroxyl groups is 1. The number of phenolic OH excluding ortho intramolecular Hbond substituents is 1. The molecule has 154 valence electrons. The number of rotatable bonds is 10. The van der Waals surface area contributed by atoms with Crippen LogP contribution in [0.3, 0.4) is 0 Å². The average molecular weight is 394 g/mol. The zero-order valence-electron chi connectivity index (χ0n) is 15.8. The number of benzene rings is 1. The number of Topliss-reactive ketones (excluding diaryl/α,β-unsaturated/α-hetero) is 1. The molecule has 0 radical (unpaired) electrons. The molecule has 0 aromatic heterocycles. The summed E-state index contributed by atoms with van der Waals surface area (Å²) in [6.07, 6.45) is 0.319. The molecule has 1 aromatic rings. The third-order valence-corrected chi connectivity index (χ3v) is 4.47. The molecule has 0 bridgehead atoms. The number of carbonyl (C=O) groups excluding carboxylic acids is 3. The Morgan fingerprint density at radius 3 is 2.18 bits per heavy atom. The number of nitrogens with one attached hydrogen (secondary N) is 2. The highest BCUT2D eigenvalue weighted by Crippen LogP contribution is 2.30. The van der Waals surface area contributed by atoms with Crippen LogP contribution >= 0.6 is 0 Å². The van der Waals surface area contributed by atoms with Crippen LogP contribution in [-0.4, -0.2) is 70.4 Å². The molecule has 1 heterocycles. The van der Waals surface area contributed by atoms with Gasteiger partial charge in [0.05, 0.1) is 25.9 Å². The monoisotopic (exact) mass is 394 g/mol. The molecule has 2 rings (SSSR count). The third kappa shape index (κ3) is 5.28. The molecular formula is C19H26N2O7. The number of aliphatic hydroxyl groups is 2. The molecule has 0 saturated carbocycles. The molecule has 1 aromatic carbocycles. The van der Waals surface area contributed by atoms with Crippen molar-refractivity contribution in [2.75, 3.05) is 19.8 Å². The van der Waals surface area contributed by atoms with Crippen LogP contribution in [0.2, 0.25) is 0 Å². The van der Waals surface area contributed by atoms with Crippen molar-refractivity contribution in [2.45, 2.75) is 38.0 Å². The molecule has 0 spiro atoms. The summed E-state index contributed by atoms with van der Waals surface area (Å²) >= 11 is 0. The minimum absolute atomic E-state index is 0.0110. The van der Waals surface area contributed by atoms with Gasteiger partial charge in [0.15, 0.2) is 11.4 Å². The average Bonchev–Trinajstić information content (AvgIpc) is 3.46. The van der Waals surface area contributed by atoms with Crippen LogP contribution in [0.25, 0.3) is 0 Å². The summed E-state index contributed by atoms with van der Waals surface area (Å²) in [5, 5.41) is 33.1. The van der Waals surface area contributed by atoms with Gasteiger partial charge in [0.25, 0.3) is 5.91 Å². The van der Waals surface area contributed by atoms with Gasteiger partial charge in [-0.3, -0.25) is 14.4 Å². The molecule has 1 aliphatic rings. The minimum atomic E-state index is -1.28. The first kappa shape index (κ1) is 21.8. The molecule has 9 heteroatoms. The molecule has 28 heavy (non-hydrogen) atoms. The van der Waals surface area contributed by atoms with Crippen LogP contribution in [0, 0.1) is 5.92 Å². The predicted octanol–water partition coefficient (Wildman–Crippen LogP) is -0.656. The summed E-state index contributed by atoms with van der Waals surface area (Å²) in [4.78, 5) is 37.4. The number of carbonyl (C=O) groups is 3. The molecular weight excluding hydrogens is 368 g/mol. The van der Waals surface area contributed by atoms with E-state index in [1.54, 1.807) is 0 Å². The van der Waals surface area contributed by atoms with E-state index in [0.29, 0.717) is 6.42 Å². The highest BCUT2D eigenvalue weighted by Gasteiger charge is 2.54. The number of ether oxygens (including phenoxy) is 1. The van der Waals surface area contributed by atoms with E-state index >= 15 is 0 Å². The molecule has 9 nitrogen and oxygen atoms in total. The van der Waals surface area contributed by atoms with Crippen LogP contribution in [0.4, 0.5) is 0 Å². The van der Waals surface area contributed by atoms with Gasteiger partial charge in [-0.25, -0.2) is 0 Å². The largest absolute Gasteiger partial charge is 0.508 e. The Bertz CT molecular complexity index is 713. The van der Waals surface area contributed by atoms with Crippen molar-refractivity contribution in [1.82, 2.24) is 10.6 Å². The molecule has 2 unspecified atom stereocenters. The van der Waals surface area contributed by atoms with E-state index in [1.807, 2.05) is 13.8 Å². The van der Waals surface area contributed by atoms with Gasteiger partial charge in [0, 0.05) is 5.56 Å². The SMILES string of the molecule is CC(C)CC(NC(=O)[C@H](CO)NC(=O)c1ccc(O)cc1)C(=O)C1(CO)CO1. The van der Waals surface area contributed by atoms with Gasteiger partial charge in [-0.05, 0) is 36.6 Å². The number of phenols is 1. The van der Waals surface area contributed by atoms with Gasteiger partial charge in [0.1, 0.15) is 11.8 Å². The van der Waals surface area contributed by atoms with E-state index in [0.717, 1.165) is 0 Å². The number of hydrogen-bond donors (Lipinski definition) is 5. The summed E-state index contributed by atoms with van der Waals surface area (Å²) in [5.74, 6) is -1.70. The molecule has 1 fully saturated rings. The van der Waals surface area contributed by atoms with E-state index in [-0.39, 0.29) is 23.8 Å². The Balaban J connectivity index is 2.05. The number of aliphatic hydroxyl groups excluding tert-OH is 2. The smallest absolute Gasteiger partial charge is 0.252 e. The first-order chi connectivity index (χ1) is 13.2. The van der Waals surface area contributed by atoms with E-state index in [1.165, 1.54) is 24.3 Å². The first-order valence-corrected chi connectivity index (χ1v) is 9.02. The highest BCUT2D eigenvalue weighted by atomic mass is 16.6. The van der Waals surface area contributed by atoms with Gasteiger partial charge < -0.3 is 30.7 Å². The van der Waals surface area contributed by atoms with Gasteiger partial charge in [0.2, 0.25) is 5.91 Å². The molecule has 1 saturated heterocycles. The fourth-order valence-electron chi connectivity index (χ4n) is 2.74. The van der Waals surface area contributed by atoms with Gasteiger partial charge in [-0.15, -0.1) is 0 Å². The Morgan fingerprint density at radius 1 is 1.11 bits per heavy atom. The second kappa shape index (κ2) is 9.13. The summed E-state index contributed by atoms with van der Waals surface area (Å²) < 4.78 is 5.08. The van der Waals surface area contributed by atoms with E-state index in [2.05, 4.69) is 10.6 Å². The first-order valence-electron chi connectivity index (χ1n) is 9.02. The summed E-state index contributed by atoms with van der Waals surface area (Å²) in [5.41, 5.74) is -1.08. The topological polar surface area (TPSA) is 148 Å². The number of hydrogen-bond acceptors (Lipinski definition) is 7. The van der Waals surface area contributed by atoms with Crippen LogP contribution in [-0.2, 0) is 14.3 Å². The molecule has 3 atom stereocenters. The lowest BCUT2D eigenvalue weighted by molar-refractivity contribution is -0.133. The zero-order valence-corrected chi connectivity index (χ0v) is 15.8. The Morgan fingerprint density at radius 2 is 1.71 bits per heavy atom. The zero-order chi connectivity index (χ0) is 20.9. The predicted molar refractivity (Wildman–Crippen MR) is 98.6 cm³/mol. The second-order valence-electron chi connectivity index (χ2n) is 7.25. The third-order valence-electron chi connectivity index (χ3n) is 4.47. The van der Waals surface area contributed by atoms with Crippen LogP contribution in [0.1, 0.15) is 30.6 Å². The quantitative estimate of drug-likeness (QED) is 0.331. The lowest BCUT2D eigenvalue weighted by Gasteiger charge is -2.24. The van der Waals surface area contributed by atoms with E-state index in [9.17, 15) is 29.7 Å². The van der Waals surface area contributed by atoms with Crippen molar-refractivity contribution in [3.8, 4) is 5.75 Å². The summed E-state index contributed by atoms with van der Waals surface area (Å²) in [7, 11) is 0. The molecule has 5 N–H and O–H groups in total. The number of amides is 2. The number of epoxide rings is 1. The van der Waals surface area contributed by atoms with Gasteiger partial charge >= 0.3 is 0 Å². The van der Waals surface area contributed by atoms with Crippen LogP contribution in [0.15, 0.2) is 24.3 Å². The lowest BCUT2D eigenvalue weighted by Crippen LogP contribution is -2.55. The van der Waals surface area contributed by atoms with Crippen molar-refractivity contribution >= 4 is 17.6 Å². The summed E-state index contributed by atoms with van der Waals surface area (Å²) in [6, 6.07) is 3.21. The maximum absolute atomic E-state index is 12.6. The lowest BCUT2D eigenvalue weighted by atomic mass is 9.92. The van der Waals surface area contributed by atoms with Gasteiger partial charge in [-0.1, -0.05) is 13.8 Å². The Hall–Kier alpha value is -2.49. The summed E-state index contributed by atoms with van der Waals surface area (Å²) in [6.45, 7) is 2.70. The Labute approximate surface area is 162 Å². The van der Waals surface area contributed by atoms with Crippen molar-refractivity contribution < 1.29 is 34.4 Å². The normalized spacial score (nSPS) is 20.3. The van der Waals surface area contributed by atoms with E-state index < -0.39 is 48.5 Å². The van der Waals surface area contributed by atoms with Crippen LogP contribution in [0.5, 0.6) is 5.75 Å². The fourth-order valence-corrected chi connectivity index (χ4v) is 2.74. The minimum Gasteiger partial charge on any atom is -0.508 e. The van der Waals surface area contributed by atoms with Crippen LogP contribution < -0.4 is 10.6 Å². The van der Waals surface area contributed by atoms with Crippen molar-refractivity contribution in [1.29, 1.82) is 0 Å². The van der Waals surface area contributed by atoms with Crippen molar-refractivity contribution in [3.05, 3.63) is 29.8 Å². The van der Waals surface area contributed by atoms with Crippen molar-refractivity contribution in [3.63, 3.8) is 0 Å². The van der Waals surface area contributed by atoms with E-state index in [4.69, 9.17) is 4.74 Å². The van der Waals surface area contributed by atoms with Gasteiger partial charge in [-0.2, -0.15) is 0 Å². The Kier molecular flexibility index (Phi) is 7.11. The highest BCUT2D eigenvalue weighted by molar-refractivity contribution is 6.00. The fraction of sp³-hybridized carbons (Fsp3) is 0.526. The maximum Gasteiger partial charge on any atom is 0.252 e. The number of ketones is 1. The standard InChI is InChI=1S/C19H26N2O7/c1-11(2)7-14(16(25)19(9-23)10-28-19)20-18(27)15(8-22)21-17(26)12-3-5-13(24)6-4-12/h3-6,11,14-15,22-24H,7-10H2,1-2H3,(H,20,27)(H,21,26)/t14?,15-,19?/m0/s1. The molecule has 1 aliphatic heterocycles. The molecule has 2 amide bonds. The maximum atomic E-state index is 12.6.